The van der Waals surface area contributed by atoms with Crippen molar-refractivity contribution in [1.82, 2.24) is 0 Å². The fourth-order valence-electron chi connectivity index (χ4n) is 2.31. The van der Waals surface area contributed by atoms with Crippen LogP contribution in [0.3, 0.4) is 0 Å². The molecule has 0 aromatic carbocycles. The van der Waals surface area contributed by atoms with Crippen molar-refractivity contribution >= 4 is 5.78 Å². The van der Waals surface area contributed by atoms with E-state index >= 15 is 0 Å². The van der Waals surface area contributed by atoms with Crippen LogP contribution in [0.25, 0.3) is 0 Å². The van der Waals surface area contributed by atoms with Crippen molar-refractivity contribution in [2.75, 3.05) is 0 Å². The Morgan fingerprint density at radius 2 is 2.00 bits per heavy atom. The summed E-state index contributed by atoms with van der Waals surface area (Å²) in [4.78, 5) is 10.7. The van der Waals surface area contributed by atoms with Gasteiger partial charge in [-0.3, -0.25) is 0 Å². The number of aliphatic hydroxyl groups is 1. The summed E-state index contributed by atoms with van der Waals surface area (Å²) >= 11 is 0. The number of hydrogen-bond acceptors (Lipinski definition) is 2. The van der Waals surface area contributed by atoms with E-state index in [0.717, 1.165) is 12.8 Å². The number of Topliss-reactive ketones (excluding diaryl/α,β-unsaturated/α-hetero) is 1. The lowest BCUT2D eigenvalue weighted by atomic mass is 9.83. The first-order chi connectivity index (χ1) is 6.70. The summed E-state index contributed by atoms with van der Waals surface area (Å²) in [7, 11) is 0. The van der Waals surface area contributed by atoms with Gasteiger partial charge in [0.1, 0.15) is 5.78 Å². The van der Waals surface area contributed by atoms with Gasteiger partial charge in [0.05, 0.1) is 6.10 Å². The molecule has 0 saturated heterocycles. The van der Waals surface area contributed by atoms with Gasteiger partial charge in [-0.05, 0) is 38.5 Å². The molecule has 0 aromatic heterocycles. The maximum atomic E-state index is 10.7. The summed E-state index contributed by atoms with van der Waals surface area (Å²) in [6.07, 6.45) is 8.37. The zero-order chi connectivity index (χ0) is 10.4. The molecule has 82 valence electrons. The van der Waals surface area contributed by atoms with Crippen molar-refractivity contribution in [1.29, 1.82) is 0 Å². The summed E-state index contributed by atoms with van der Waals surface area (Å²) in [5, 5.41) is 9.88. The summed E-state index contributed by atoms with van der Waals surface area (Å²) in [6.45, 7) is 1.62. The van der Waals surface area contributed by atoms with E-state index in [1.807, 2.05) is 0 Å². The van der Waals surface area contributed by atoms with Gasteiger partial charge in [0.2, 0.25) is 0 Å². The predicted octanol–water partition coefficient (Wildman–Crippen LogP) is 2.69. The highest BCUT2D eigenvalue weighted by atomic mass is 16.3. The molecule has 2 heteroatoms. The molecule has 14 heavy (non-hydrogen) atoms. The first kappa shape index (κ1) is 11.7. The molecular formula is C12H22O2. The predicted molar refractivity (Wildman–Crippen MR) is 57.1 cm³/mol. The lowest BCUT2D eigenvalue weighted by Crippen LogP contribution is -2.22. The molecule has 1 saturated carbocycles. The molecule has 2 nitrogen and oxygen atoms in total. The third-order valence-corrected chi connectivity index (χ3v) is 3.22. The van der Waals surface area contributed by atoms with Gasteiger partial charge in [0, 0.05) is 6.42 Å². The average Bonchev–Trinajstić information content (AvgIpc) is 2.18. The maximum absolute atomic E-state index is 10.7. The minimum atomic E-state index is -0.158. The standard InChI is InChI=1S/C12H22O2/c1-10(13)6-5-9-12(14)11-7-3-2-4-8-11/h11-12,14H,2-9H2,1H3/t12-/m0/s1. The van der Waals surface area contributed by atoms with Gasteiger partial charge in [-0.15, -0.1) is 0 Å². The molecule has 1 N–H and O–H groups in total. The highest BCUT2D eigenvalue weighted by molar-refractivity contribution is 5.75. The Morgan fingerprint density at radius 3 is 2.57 bits per heavy atom. The third-order valence-electron chi connectivity index (χ3n) is 3.22. The van der Waals surface area contributed by atoms with E-state index in [9.17, 15) is 9.90 Å². The molecular weight excluding hydrogens is 176 g/mol. The van der Waals surface area contributed by atoms with E-state index in [1.165, 1.54) is 32.1 Å². The smallest absolute Gasteiger partial charge is 0.129 e. The second-order valence-corrected chi connectivity index (χ2v) is 4.56. The Hall–Kier alpha value is -0.370. The van der Waals surface area contributed by atoms with Crippen molar-refractivity contribution in [2.24, 2.45) is 5.92 Å². The second-order valence-electron chi connectivity index (χ2n) is 4.56. The number of ketones is 1. The topological polar surface area (TPSA) is 37.3 Å². The normalized spacial score (nSPS) is 20.7. The van der Waals surface area contributed by atoms with Crippen LogP contribution in [0.1, 0.15) is 58.3 Å². The molecule has 0 unspecified atom stereocenters. The largest absolute Gasteiger partial charge is 0.393 e. The first-order valence-corrected chi connectivity index (χ1v) is 5.87. The Kier molecular flexibility index (Phi) is 5.16. The van der Waals surface area contributed by atoms with Crippen LogP contribution in [0.2, 0.25) is 0 Å². The zero-order valence-corrected chi connectivity index (χ0v) is 9.17. The fourth-order valence-corrected chi connectivity index (χ4v) is 2.31. The van der Waals surface area contributed by atoms with Crippen molar-refractivity contribution in [3.8, 4) is 0 Å². The monoisotopic (exact) mass is 198 g/mol. The van der Waals surface area contributed by atoms with Crippen molar-refractivity contribution in [3.05, 3.63) is 0 Å². The Labute approximate surface area is 86.7 Å². The number of rotatable bonds is 5. The van der Waals surface area contributed by atoms with Crippen LogP contribution in [0, 0.1) is 5.92 Å². The van der Waals surface area contributed by atoms with E-state index < -0.39 is 0 Å². The molecule has 0 heterocycles. The summed E-state index contributed by atoms with van der Waals surface area (Å²) in [5.41, 5.74) is 0. The lowest BCUT2D eigenvalue weighted by Gasteiger charge is -2.26. The van der Waals surface area contributed by atoms with Crippen molar-refractivity contribution in [2.45, 2.75) is 64.4 Å². The SMILES string of the molecule is CC(=O)CCC[C@H](O)C1CCCCC1. The molecule has 1 aliphatic carbocycles. The molecule has 0 aliphatic heterocycles. The van der Waals surface area contributed by atoms with E-state index in [4.69, 9.17) is 0 Å². The molecule has 1 rings (SSSR count). The molecule has 1 fully saturated rings. The van der Waals surface area contributed by atoms with Crippen LogP contribution in [0.5, 0.6) is 0 Å². The van der Waals surface area contributed by atoms with E-state index in [2.05, 4.69) is 0 Å². The van der Waals surface area contributed by atoms with Crippen LogP contribution >= 0.6 is 0 Å². The van der Waals surface area contributed by atoms with E-state index in [1.54, 1.807) is 6.92 Å². The summed E-state index contributed by atoms with van der Waals surface area (Å²) in [6, 6.07) is 0. The van der Waals surface area contributed by atoms with Crippen molar-refractivity contribution < 1.29 is 9.90 Å². The Bertz CT molecular complexity index is 171. The third kappa shape index (κ3) is 4.23. The number of carbonyl (C=O) groups is 1. The van der Waals surface area contributed by atoms with Gasteiger partial charge in [0.15, 0.2) is 0 Å². The molecule has 0 spiro atoms. The fraction of sp³-hybridized carbons (Fsp3) is 0.917. The van der Waals surface area contributed by atoms with Crippen LogP contribution in [-0.2, 0) is 4.79 Å². The molecule has 1 aliphatic rings. The average molecular weight is 198 g/mol. The second kappa shape index (κ2) is 6.18. The van der Waals surface area contributed by atoms with E-state index in [-0.39, 0.29) is 11.9 Å². The van der Waals surface area contributed by atoms with Gasteiger partial charge in [0.25, 0.3) is 0 Å². The zero-order valence-electron chi connectivity index (χ0n) is 9.17. The highest BCUT2D eigenvalue weighted by Crippen LogP contribution is 2.28. The molecule has 0 amide bonds. The quantitative estimate of drug-likeness (QED) is 0.737. The Morgan fingerprint density at radius 1 is 1.36 bits per heavy atom. The number of aliphatic hydroxyl groups excluding tert-OH is 1. The minimum Gasteiger partial charge on any atom is -0.393 e. The lowest BCUT2D eigenvalue weighted by molar-refractivity contribution is -0.117. The molecule has 0 bridgehead atoms. The van der Waals surface area contributed by atoms with Crippen LogP contribution < -0.4 is 0 Å². The van der Waals surface area contributed by atoms with Gasteiger partial charge < -0.3 is 9.90 Å². The maximum Gasteiger partial charge on any atom is 0.129 e. The summed E-state index contributed by atoms with van der Waals surface area (Å²) in [5.74, 6) is 0.747. The van der Waals surface area contributed by atoms with Gasteiger partial charge in [-0.25, -0.2) is 0 Å². The van der Waals surface area contributed by atoms with Crippen LogP contribution in [0.4, 0.5) is 0 Å². The van der Waals surface area contributed by atoms with Gasteiger partial charge >= 0.3 is 0 Å². The number of carbonyl (C=O) groups excluding carboxylic acids is 1. The number of hydrogen-bond donors (Lipinski definition) is 1. The minimum absolute atomic E-state index is 0.158. The molecule has 0 aromatic rings. The van der Waals surface area contributed by atoms with Gasteiger partial charge in [-0.1, -0.05) is 19.3 Å². The molecule has 0 radical (unpaired) electrons. The van der Waals surface area contributed by atoms with Crippen LogP contribution in [0.15, 0.2) is 0 Å². The van der Waals surface area contributed by atoms with E-state index in [0.29, 0.717) is 12.3 Å². The van der Waals surface area contributed by atoms with Crippen LogP contribution in [-0.4, -0.2) is 17.0 Å². The Balaban J connectivity index is 2.13. The summed E-state index contributed by atoms with van der Waals surface area (Å²) < 4.78 is 0. The van der Waals surface area contributed by atoms with Gasteiger partial charge in [-0.2, -0.15) is 0 Å². The highest BCUT2D eigenvalue weighted by Gasteiger charge is 2.20. The first-order valence-electron chi connectivity index (χ1n) is 5.87. The van der Waals surface area contributed by atoms with Crippen molar-refractivity contribution in [3.63, 3.8) is 0 Å². The molecule has 1 atom stereocenters.